The lowest BCUT2D eigenvalue weighted by Gasteiger charge is -2.24. The maximum atomic E-state index is 12.8. The Bertz CT molecular complexity index is 778. The third kappa shape index (κ3) is 6.08. The van der Waals surface area contributed by atoms with Crippen molar-refractivity contribution in [1.29, 1.82) is 0 Å². The summed E-state index contributed by atoms with van der Waals surface area (Å²) in [6.07, 6.45) is 2.41. The number of ether oxygens (including phenoxy) is 1. The van der Waals surface area contributed by atoms with Gasteiger partial charge in [0, 0.05) is 23.9 Å². The lowest BCUT2D eigenvalue weighted by atomic mass is 9.97. The first kappa shape index (κ1) is 21.4. The standard InChI is InChI=1S/C22H29N3O3/c1-5-16(4)19(25-20(26)17-10-7-6-8-11-17)21(27)24-14-18-12-9-13-23-22(18)28-15(2)3/h6-13,15-16,19H,5,14H2,1-4H3,(H,24,27)(H,25,26). The highest BCUT2D eigenvalue weighted by Crippen LogP contribution is 2.16. The van der Waals surface area contributed by atoms with Crippen molar-refractivity contribution in [3.63, 3.8) is 0 Å². The van der Waals surface area contributed by atoms with Crippen molar-refractivity contribution >= 4 is 11.8 Å². The SMILES string of the molecule is CCC(C)C(NC(=O)c1ccccc1)C(=O)NCc1cccnc1OC(C)C. The van der Waals surface area contributed by atoms with Crippen molar-refractivity contribution in [2.24, 2.45) is 5.92 Å². The summed E-state index contributed by atoms with van der Waals surface area (Å²) in [5, 5.41) is 5.78. The van der Waals surface area contributed by atoms with Gasteiger partial charge in [-0.25, -0.2) is 4.98 Å². The number of hydrogen-bond acceptors (Lipinski definition) is 4. The van der Waals surface area contributed by atoms with Gasteiger partial charge in [-0.05, 0) is 38.0 Å². The van der Waals surface area contributed by atoms with E-state index in [1.54, 1.807) is 36.5 Å². The van der Waals surface area contributed by atoms with Crippen LogP contribution in [0.1, 0.15) is 50.0 Å². The molecule has 0 aliphatic carbocycles. The van der Waals surface area contributed by atoms with Crippen LogP contribution in [-0.2, 0) is 11.3 Å². The molecular weight excluding hydrogens is 354 g/mol. The fraction of sp³-hybridized carbons (Fsp3) is 0.409. The molecule has 0 saturated carbocycles. The number of carbonyl (C=O) groups excluding carboxylic acids is 2. The fourth-order valence-electron chi connectivity index (χ4n) is 2.70. The molecule has 2 N–H and O–H groups in total. The van der Waals surface area contributed by atoms with Crippen LogP contribution in [0.15, 0.2) is 48.7 Å². The molecule has 0 aliphatic rings. The van der Waals surface area contributed by atoms with Crippen molar-refractivity contribution < 1.29 is 14.3 Å². The molecule has 0 bridgehead atoms. The zero-order valence-electron chi connectivity index (χ0n) is 16.9. The molecule has 1 heterocycles. The van der Waals surface area contributed by atoms with Gasteiger partial charge < -0.3 is 15.4 Å². The van der Waals surface area contributed by atoms with Crippen molar-refractivity contribution in [2.75, 3.05) is 0 Å². The van der Waals surface area contributed by atoms with Gasteiger partial charge in [0.25, 0.3) is 5.91 Å². The first-order chi connectivity index (χ1) is 13.4. The average Bonchev–Trinajstić information content (AvgIpc) is 2.70. The lowest BCUT2D eigenvalue weighted by molar-refractivity contribution is -0.124. The molecule has 0 aliphatic heterocycles. The number of pyridine rings is 1. The molecule has 6 heteroatoms. The van der Waals surface area contributed by atoms with Gasteiger partial charge in [0.15, 0.2) is 0 Å². The quantitative estimate of drug-likeness (QED) is 0.696. The Morgan fingerprint density at radius 2 is 1.79 bits per heavy atom. The average molecular weight is 383 g/mol. The number of hydrogen-bond donors (Lipinski definition) is 2. The molecule has 0 fully saturated rings. The smallest absolute Gasteiger partial charge is 0.251 e. The second kappa shape index (κ2) is 10.4. The van der Waals surface area contributed by atoms with Crippen LogP contribution in [0.2, 0.25) is 0 Å². The predicted octanol–water partition coefficient (Wildman–Crippen LogP) is 3.33. The number of carbonyl (C=O) groups is 2. The van der Waals surface area contributed by atoms with Crippen LogP contribution in [0.5, 0.6) is 5.88 Å². The molecule has 1 aromatic heterocycles. The summed E-state index contributed by atoms with van der Waals surface area (Å²) in [4.78, 5) is 29.6. The number of aromatic nitrogens is 1. The van der Waals surface area contributed by atoms with Crippen LogP contribution in [-0.4, -0.2) is 28.9 Å². The highest BCUT2D eigenvalue weighted by molar-refractivity contribution is 5.97. The Balaban J connectivity index is 2.07. The first-order valence-corrected chi connectivity index (χ1v) is 9.66. The van der Waals surface area contributed by atoms with Gasteiger partial charge in [-0.3, -0.25) is 9.59 Å². The van der Waals surface area contributed by atoms with Gasteiger partial charge in [-0.1, -0.05) is 44.5 Å². The summed E-state index contributed by atoms with van der Waals surface area (Å²) < 4.78 is 5.70. The van der Waals surface area contributed by atoms with E-state index in [1.807, 2.05) is 39.8 Å². The molecule has 2 aromatic rings. The summed E-state index contributed by atoms with van der Waals surface area (Å²) in [6, 6.07) is 11.9. The van der Waals surface area contributed by atoms with Crippen LogP contribution in [0.3, 0.4) is 0 Å². The van der Waals surface area contributed by atoms with Crippen molar-refractivity contribution in [1.82, 2.24) is 15.6 Å². The van der Waals surface area contributed by atoms with Crippen molar-refractivity contribution in [2.45, 2.75) is 52.8 Å². The molecule has 1 aromatic carbocycles. The Hall–Kier alpha value is -2.89. The largest absolute Gasteiger partial charge is 0.475 e. The van der Waals surface area contributed by atoms with Crippen LogP contribution < -0.4 is 15.4 Å². The van der Waals surface area contributed by atoms with Crippen molar-refractivity contribution in [3.05, 3.63) is 59.8 Å². The minimum atomic E-state index is -0.621. The van der Waals surface area contributed by atoms with Crippen LogP contribution in [0.4, 0.5) is 0 Å². The van der Waals surface area contributed by atoms with E-state index in [0.717, 1.165) is 12.0 Å². The minimum Gasteiger partial charge on any atom is -0.475 e. The maximum absolute atomic E-state index is 12.8. The Morgan fingerprint density at radius 3 is 2.43 bits per heavy atom. The van der Waals surface area contributed by atoms with Gasteiger partial charge in [0.2, 0.25) is 11.8 Å². The molecule has 2 rings (SSSR count). The maximum Gasteiger partial charge on any atom is 0.251 e. The number of nitrogens with zero attached hydrogens (tertiary/aromatic N) is 1. The predicted molar refractivity (Wildman–Crippen MR) is 109 cm³/mol. The number of rotatable bonds is 9. The van der Waals surface area contributed by atoms with E-state index in [9.17, 15) is 9.59 Å². The van der Waals surface area contributed by atoms with E-state index < -0.39 is 6.04 Å². The third-order valence-electron chi connectivity index (χ3n) is 4.47. The third-order valence-corrected chi connectivity index (χ3v) is 4.47. The Labute approximate surface area is 166 Å². The molecule has 0 radical (unpaired) electrons. The number of nitrogens with one attached hydrogen (secondary N) is 2. The van der Waals surface area contributed by atoms with Gasteiger partial charge in [0.05, 0.1) is 6.10 Å². The fourth-order valence-corrected chi connectivity index (χ4v) is 2.70. The normalized spacial score (nSPS) is 12.9. The van der Waals surface area contributed by atoms with Gasteiger partial charge >= 0.3 is 0 Å². The zero-order chi connectivity index (χ0) is 20.5. The highest BCUT2D eigenvalue weighted by Gasteiger charge is 2.26. The molecule has 2 amide bonds. The second-order valence-electron chi connectivity index (χ2n) is 7.05. The monoisotopic (exact) mass is 383 g/mol. The molecule has 0 saturated heterocycles. The lowest BCUT2D eigenvalue weighted by Crippen LogP contribution is -2.50. The van der Waals surface area contributed by atoms with Crippen LogP contribution >= 0.6 is 0 Å². The molecule has 2 atom stereocenters. The van der Waals surface area contributed by atoms with E-state index in [4.69, 9.17) is 4.74 Å². The molecular formula is C22H29N3O3. The van der Waals surface area contributed by atoms with E-state index in [0.29, 0.717) is 11.4 Å². The van der Waals surface area contributed by atoms with Gasteiger partial charge in [-0.2, -0.15) is 0 Å². The molecule has 0 spiro atoms. The van der Waals surface area contributed by atoms with E-state index >= 15 is 0 Å². The minimum absolute atomic E-state index is 0.00653. The Kier molecular flexibility index (Phi) is 7.99. The Morgan fingerprint density at radius 1 is 1.07 bits per heavy atom. The zero-order valence-corrected chi connectivity index (χ0v) is 16.9. The molecule has 2 unspecified atom stereocenters. The number of amides is 2. The first-order valence-electron chi connectivity index (χ1n) is 9.66. The highest BCUT2D eigenvalue weighted by atomic mass is 16.5. The van der Waals surface area contributed by atoms with E-state index in [-0.39, 0.29) is 30.4 Å². The van der Waals surface area contributed by atoms with Gasteiger partial charge in [0.1, 0.15) is 6.04 Å². The topological polar surface area (TPSA) is 80.3 Å². The summed E-state index contributed by atoms with van der Waals surface area (Å²) >= 11 is 0. The number of benzene rings is 1. The van der Waals surface area contributed by atoms with E-state index in [2.05, 4.69) is 15.6 Å². The van der Waals surface area contributed by atoms with Gasteiger partial charge in [-0.15, -0.1) is 0 Å². The molecule has 28 heavy (non-hydrogen) atoms. The summed E-state index contributed by atoms with van der Waals surface area (Å²) in [5.74, 6) is 0.0170. The van der Waals surface area contributed by atoms with Crippen LogP contribution in [0, 0.1) is 5.92 Å². The summed E-state index contributed by atoms with van der Waals surface area (Å²) in [7, 11) is 0. The van der Waals surface area contributed by atoms with Crippen LogP contribution in [0.25, 0.3) is 0 Å². The molecule has 150 valence electrons. The van der Waals surface area contributed by atoms with E-state index in [1.165, 1.54) is 0 Å². The second-order valence-corrected chi connectivity index (χ2v) is 7.05. The van der Waals surface area contributed by atoms with Crippen molar-refractivity contribution in [3.8, 4) is 5.88 Å². The summed E-state index contributed by atoms with van der Waals surface area (Å²) in [5.41, 5.74) is 1.32. The summed E-state index contributed by atoms with van der Waals surface area (Å²) in [6.45, 7) is 8.08. The molecule has 6 nitrogen and oxygen atoms in total.